The molecule has 0 aliphatic heterocycles. The molecule has 0 unspecified atom stereocenters. The van der Waals surface area contributed by atoms with Gasteiger partial charge in [-0.05, 0) is 18.2 Å². The lowest BCUT2D eigenvalue weighted by molar-refractivity contribution is 0.749. The second kappa shape index (κ2) is 3.82. The molecule has 6 heteroatoms. The number of H-pyrrole nitrogens is 1. The van der Waals surface area contributed by atoms with Crippen molar-refractivity contribution in [2.45, 2.75) is 0 Å². The molecule has 0 saturated carbocycles. The molecule has 5 nitrogen and oxygen atoms in total. The summed E-state index contributed by atoms with van der Waals surface area (Å²) in [5.41, 5.74) is -0.475. The highest BCUT2D eigenvalue weighted by Gasteiger charge is 2.01. The summed E-state index contributed by atoms with van der Waals surface area (Å²) >= 11 is 3.28. The molecule has 0 atom stereocenters. The van der Waals surface area contributed by atoms with E-state index in [1.807, 2.05) is 6.07 Å². The van der Waals surface area contributed by atoms with Gasteiger partial charge in [0, 0.05) is 4.47 Å². The molecular formula is C9H6BrN3O2. The standard InChI is InChI=1S/C9H6BrN3O2/c10-6-2-1-3-7(4-6)13-9(15)12-8(14)5-11-13/h1-5H,(H,12,14,15). The van der Waals surface area contributed by atoms with Crippen molar-refractivity contribution in [3.8, 4) is 5.69 Å². The molecule has 2 aromatic rings. The Hall–Kier alpha value is -1.69. The number of aromatic nitrogens is 3. The Balaban J connectivity index is 2.64. The topological polar surface area (TPSA) is 67.8 Å². The number of hydrogen-bond acceptors (Lipinski definition) is 3. The lowest BCUT2D eigenvalue weighted by atomic mass is 10.3. The van der Waals surface area contributed by atoms with Crippen LogP contribution in [0.5, 0.6) is 0 Å². The van der Waals surface area contributed by atoms with Gasteiger partial charge in [0.05, 0.1) is 5.69 Å². The van der Waals surface area contributed by atoms with Gasteiger partial charge in [-0.15, -0.1) is 0 Å². The molecule has 1 aromatic heterocycles. The number of hydrogen-bond donors (Lipinski definition) is 1. The first-order chi connectivity index (χ1) is 7.16. The molecule has 1 aromatic carbocycles. The summed E-state index contributed by atoms with van der Waals surface area (Å²) in [6.45, 7) is 0. The summed E-state index contributed by atoms with van der Waals surface area (Å²) in [5, 5.41) is 3.73. The number of benzene rings is 1. The summed E-state index contributed by atoms with van der Waals surface area (Å²) in [6.07, 6.45) is 1.06. The van der Waals surface area contributed by atoms with Crippen molar-refractivity contribution in [3.05, 3.63) is 55.8 Å². The first-order valence-electron chi connectivity index (χ1n) is 4.11. The molecule has 0 bridgehead atoms. The van der Waals surface area contributed by atoms with Gasteiger partial charge in [-0.3, -0.25) is 9.78 Å². The van der Waals surface area contributed by atoms with Crippen molar-refractivity contribution in [2.24, 2.45) is 0 Å². The molecule has 1 heterocycles. The van der Waals surface area contributed by atoms with Gasteiger partial charge in [0.1, 0.15) is 6.20 Å². The van der Waals surface area contributed by atoms with Gasteiger partial charge in [0.25, 0.3) is 5.56 Å². The summed E-state index contributed by atoms with van der Waals surface area (Å²) in [6, 6.07) is 7.06. The summed E-state index contributed by atoms with van der Waals surface area (Å²) < 4.78 is 1.95. The van der Waals surface area contributed by atoms with Gasteiger partial charge in [-0.2, -0.15) is 9.78 Å². The monoisotopic (exact) mass is 267 g/mol. The average Bonchev–Trinajstić information content (AvgIpc) is 2.17. The molecule has 76 valence electrons. The van der Waals surface area contributed by atoms with Crippen LogP contribution in [0.15, 0.2) is 44.5 Å². The van der Waals surface area contributed by atoms with E-state index in [1.54, 1.807) is 18.2 Å². The molecule has 0 radical (unpaired) electrons. The van der Waals surface area contributed by atoms with E-state index in [4.69, 9.17) is 0 Å². The number of aromatic amines is 1. The Kier molecular flexibility index (Phi) is 2.51. The lowest BCUT2D eigenvalue weighted by Gasteiger charge is -2.02. The van der Waals surface area contributed by atoms with E-state index in [0.29, 0.717) is 5.69 Å². The number of rotatable bonds is 1. The third-order valence-electron chi connectivity index (χ3n) is 1.77. The fraction of sp³-hybridized carbons (Fsp3) is 0. The van der Waals surface area contributed by atoms with Crippen molar-refractivity contribution in [2.75, 3.05) is 0 Å². The smallest absolute Gasteiger partial charge is 0.271 e. The van der Waals surface area contributed by atoms with E-state index in [2.05, 4.69) is 26.0 Å². The molecule has 0 fully saturated rings. The highest BCUT2D eigenvalue weighted by atomic mass is 79.9. The third-order valence-corrected chi connectivity index (χ3v) is 2.26. The quantitative estimate of drug-likeness (QED) is 0.827. The Morgan fingerprint density at radius 1 is 1.33 bits per heavy atom. The van der Waals surface area contributed by atoms with Gasteiger partial charge < -0.3 is 0 Å². The highest BCUT2D eigenvalue weighted by Crippen LogP contribution is 2.12. The SMILES string of the molecule is O=c1cnn(-c2cccc(Br)c2)c(=O)[nH]1. The van der Waals surface area contributed by atoms with Crippen molar-refractivity contribution in [1.82, 2.24) is 14.8 Å². The second-order valence-electron chi connectivity index (χ2n) is 2.83. The fourth-order valence-corrected chi connectivity index (χ4v) is 1.53. The molecule has 0 aliphatic rings. The van der Waals surface area contributed by atoms with Crippen LogP contribution in [0, 0.1) is 0 Å². The molecule has 0 aliphatic carbocycles. The van der Waals surface area contributed by atoms with Crippen LogP contribution in [-0.4, -0.2) is 14.8 Å². The van der Waals surface area contributed by atoms with Gasteiger partial charge in [-0.25, -0.2) is 4.79 Å². The van der Waals surface area contributed by atoms with Crippen molar-refractivity contribution in [1.29, 1.82) is 0 Å². The van der Waals surface area contributed by atoms with Crippen molar-refractivity contribution >= 4 is 15.9 Å². The minimum absolute atomic E-state index is 0.508. The maximum Gasteiger partial charge on any atom is 0.349 e. The molecule has 1 N–H and O–H groups in total. The van der Waals surface area contributed by atoms with E-state index in [1.165, 1.54) is 0 Å². The molecule has 0 amide bonds. The maximum absolute atomic E-state index is 11.4. The summed E-state index contributed by atoms with van der Waals surface area (Å²) in [4.78, 5) is 24.3. The minimum Gasteiger partial charge on any atom is -0.271 e. The largest absolute Gasteiger partial charge is 0.349 e. The summed E-state index contributed by atoms with van der Waals surface area (Å²) in [5.74, 6) is 0. The van der Waals surface area contributed by atoms with Crippen molar-refractivity contribution in [3.63, 3.8) is 0 Å². The van der Waals surface area contributed by atoms with E-state index in [0.717, 1.165) is 15.4 Å². The first-order valence-corrected chi connectivity index (χ1v) is 4.91. The fourth-order valence-electron chi connectivity index (χ4n) is 1.15. The zero-order valence-corrected chi connectivity index (χ0v) is 9.06. The molecule has 2 rings (SSSR count). The van der Waals surface area contributed by atoms with Gasteiger partial charge in [0.2, 0.25) is 0 Å². The highest BCUT2D eigenvalue weighted by molar-refractivity contribution is 9.10. The predicted molar refractivity (Wildman–Crippen MR) is 58.2 cm³/mol. The van der Waals surface area contributed by atoms with Crippen LogP contribution in [0.2, 0.25) is 0 Å². The van der Waals surface area contributed by atoms with Crippen LogP contribution in [0.1, 0.15) is 0 Å². The third kappa shape index (κ3) is 2.04. The van der Waals surface area contributed by atoms with Crippen LogP contribution in [0.4, 0.5) is 0 Å². The lowest BCUT2D eigenvalue weighted by Crippen LogP contribution is -2.30. The minimum atomic E-state index is -0.555. The predicted octanol–water partition coefficient (Wildman–Crippen LogP) is 0.683. The Morgan fingerprint density at radius 3 is 2.80 bits per heavy atom. The van der Waals surface area contributed by atoms with E-state index >= 15 is 0 Å². The molecule has 0 spiro atoms. The first kappa shape index (κ1) is 9.85. The number of halogens is 1. The molecule has 0 saturated heterocycles. The zero-order valence-electron chi connectivity index (χ0n) is 7.48. The van der Waals surface area contributed by atoms with E-state index in [9.17, 15) is 9.59 Å². The average molecular weight is 268 g/mol. The normalized spacial score (nSPS) is 10.2. The van der Waals surface area contributed by atoms with Crippen LogP contribution in [0.3, 0.4) is 0 Å². The van der Waals surface area contributed by atoms with Crippen LogP contribution in [0.25, 0.3) is 5.69 Å². The number of nitrogens with zero attached hydrogens (tertiary/aromatic N) is 2. The maximum atomic E-state index is 11.4. The van der Waals surface area contributed by atoms with Gasteiger partial charge >= 0.3 is 5.69 Å². The van der Waals surface area contributed by atoms with Crippen LogP contribution in [-0.2, 0) is 0 Å². The molecule has 15 heavy (non-hydrogen) atoms. The zero-order chi connectivity index (χ0) is 10.8. The van der Waals surface area contributed by atoms with E-state index < -0.39 is 11.2 Å². The van der Waals surface area contributed by atoms with Gasteiger partial charge in [-0.1, -0.05) is 22.0 Å². The van der Waals surface area contributed by atoms with Crippen LogP contribution < -0.4 is 11.2 Å². The van der Waals surface area contributed by atoms with Gasteiger partial charge in [0.15, 0.2) is 0 Å². The van der Waals surface area contributed by atoms with E-state index in [-0.39, 0.29) is 0 Å². The Morgan fingerprint density at radius 2 is 2.13 bits per heavy atom. The number of nitrogens with one attached hydrogen (secondary N) is 1. The van der Waals surface area contributed by atoms with Crippen LogP contribution >= 0.6 is 15.9 Å². The van der Waals surface area contributed by atoms with Crippen molar-refractivity contribution < 1.29 is 0 Å². The summed E-state index contributed by atoms with van der Waals surface area (Å²) in [7, 11) is 0. The molecular weight excluding hydrogens is 262 g/mol. The Labute approximate surface area is 92.5 Å². The second-order valence-corrected chi connectivity index (χ2v) is 3.75. The Bertz CT molecular complexity index is 603.